The Kier molecular flexibility index (Phi) is 7.34. The van der Waals surface area contributed by atoms with E-state index in [1.165, 1.54) is 44.1 Å². The molecule has 2 aromatic rings. The summed E-state index contributed by atoms with van der Waals surface area (Å²) >= 11 is 0. The number of hydrogen-bond acceptors (Lipinski definition) is 1. The zero-order valence-electron chi connectivity index (χ0n) is 16.5. The number of rotatable bonds is 7. The molecule has 0 N–H and O–H groups in total. The minimum atomic E-state index is -2.75. The van der Waals surface area contributed by atoms with E-state index in [1.54, 1.807) is 0 Å². The quantitative estimate of drug-likeness (QED) is 0.336. The minimum Gasteiger partial charge on any atom is -0.459 e. The van der Waals surface area contributed by atoms with Crippen LogP contribution in [0.3, 0.4) is 0 Å². The van der Waals surface area contributed by atoms with Crippen molar-refractivity contribution in [3.63, 3.8) is 0 Å². The van der Waals surface area contributed by atoms with Gasteiger partial charge in [-0.3, -0.25) is 0 Å². The van der Waals surface area contributed by atoms with E-state index in [-0.39, 0.29) is 0 Å². The average molecular weight is 406 g/mol. The smallest absolute Gasteiger partial charge is 0.260 e. The second kappa shape index (κ2) is 9.95. The van der Waals surface area contributed by atoms with Crippen molar-refractivity contribution in [2.75, 3.05) is 0 Å². The summed E-state index contributed by atoms with van der Waals surface area (Å²) in [7, 11) is 0. The molecule has 0 radical (unpaired) electrons. The van der Waals surface area contributed by atoms with Crippen LogP contribution in [0.5, 0.6) is 5.75 Å². The van der Waals surface area contributed by atoms with Crippen LogP contribution < -0.4 is 4.74 Å². The van der Waals surface area contributed by atoms with Crippen molar-refractivity contribution >= 4 is 0 Å². The Morgan fingerprint density at radius 1 is 0.966 bits per heavy atom. The summed E-state index contributed by atoms with van der Waals surface area (Å²) in [4.78, 5) is 0. The van der Waals surface area contributed by atoms with E-state index in [4.69, 9.17) is 0 Å². The SMILES string of the molecule is CCCC1CCC(c2ccc(-c3cc(F)c(O/C=C/C(F)F)c(F)c3)cc2)CC1. The van der Waals surface area contributed by atoms with Crippen LogP contribution in [-0.2, 0) is 0 Å². The fourth-order valence-electron chi connectivity index (χ4n) is 4.15. The fourth-order valence-corrected chi connectivity index (χ4v) is 4.15. The molecule has 0 atom stereocenters. The first-order valence-corrected chi connectivity index (χ1v) is 10.2. The lowest BCUT2D eigenvalue weighted by molar-refractivity contribution is 0.200. The van der Waals surface area contributed by atoms with Gasteiger partial charge in [0.05, 0.1) is 6.26 Å². The largest absolute Gasteiger partial charge is 0.459 e. The lowest BCUT2D eigenvalue weighted by atomic mass is 9.77. The van der Waals surface area contributed by atoms with Crippen molar-refractivity contribution in [3.05, 3.63) is 65.9 Å². The lowest BCUT2D eigenvalue weighted by Crippen LogP contribution is -2.13. The Balaban J connectivity index is 1.70. The van der Waals surface area contributed by atoms with E-state index < -0.39 is 23.8 Å². The highest BCUT2D eigenvalue weighted by molar-refractivity contribution is 5.65. The summed E-state index contributed by atoms with van der Waals surface area (Å²) in [5.74, 6) is -1.17. The number of halogens is 4. The van der Waals surface area contributed by atoms with Gasteiger partial charge in [-0.2, -0.15) is 0 Å². The zero-order chi connectivity index (χ0) is 20.8. The summed E-state index contributed by atoms with van der Waals surface area (Å²) in [5.41, 5.74) is 2.34. The topological polar surface area (TPSA) is 9.23 Å². The second-order valence-electron chi connectivity index (χ2n) is 7.68. The maximum atomic E-state index is 14.2. The molecule has 1 aliphatic carbocycles. The van der Waals surface area contributed by atoms with E-state index in [2.05, 4.69) is 11.7 Å². The van der Waals surface area contributed by atoms with Crippen LogP contribution in [0.2, 0.25) is 0 Å². The first kappa shape index (κ1) is 21.4. The molecule has 0 aromatic heterocycles. The van der Waals surface area contributed by atoms with Crippen LogP contribution in [0.15, 0.2) is 48.7 Å². The van der Waals surface area contributed by atoms with Gasteiger partial charge in [0.2, 0.25) is 0 Å². The molecule has 0 bridgehead atoms. The van der Waals surface area contributed by atoms with Crippen LogP contribution in [0.25, 0.3) is 11.1 Å². The van der Waals surface area contributed by atoms with Crippen molar-refractivity contribution in [2.45, 2.75) is 57.8 Å². The molecule has 0 saturated heterocycles. The first-order valence-electron chi connectivity index (χ1n) is 10.2. The predicted octanol–water partition coefficient (Wildman–Crippen LogP) is 7.86. The first-order chi connectivity index (χ1) is 14.0. The van der Waals surface area contributed by atoms with Gasteiger partial charge in [-0.15, -0.1) is 0 Å². The molecule has 0 unspecified atom stereocenters. The van der Waals surface area contributed by atoms with Crippen LogP contribution in [0, 0.1) is 17.6 Å². The van der Waals surface area contributed by atoms with E-state index in [9.17, 15) is 17.6 Å². The lowest BCUT2D eigenvalue weighted by Gasteiger charge is -2.28. The third kappa shape index (κ3) is 5.62. The molecular formula is C24H26F4O. The van der Waals surface area contributed by atoms with Crippen LogP contribution >= 0.6 is 0 Å². The Morgan fingerprint density at radius 2 is 1.59 bits per heavy atom. The molecule has 1 nitrogen and oxygen atoms in total. The third-order valence-corrected chi connectivity index (χ3v) is 5.67. The third-order valence-electron chi connectivity index (χ3n) is 5.67. The molecule has 2 aromatic carbocycles. The highest BCUT2D eigenvalue weighted by Crippen LogP contribution is 2.38. The highest BCUT2D eigenvalue weighted by Gasteiger charge is 2.22. The molecule has 0 heterocycles. The van der Waals surface area contributed by atoms with Gasteiger partial charge in [0.25, 0.3) is 6.43 Å². The van der Waals surface area contributed by atoms with Gasteiger partial charge in [-0.1, -0.05) is 44.0 Å². The van der Waals surface area contributed by atoms with Crippen molar-refractivity contribution in [3.8, 4) is 16.9 Å². The van der Waals surface area contributed by atoms with Gasteiger partial charge < -0.3 is 4.74 Å². The number of benzene rings is 2. The van der Waals surface area contributed by atoms with Crippen molar-refractivity contribution in [1.82, 2.24) is 0 Å². The number of alkyl halides is 2. The Bertz CT molecular complexity index is 798. The molecule has 156 valence electrons. The molecule has 29 heavy (non-hydrogen) atoms. The molecule has 0 amide bonds. The van der Waals surface area contributed by atoms with Gasteiger partial charge in [-0.05, 0) is 66.3 Å². The van der Waals surface area contributed by atoms with E-state index >= 15 is 0 Å². The van der Waals surface area contributed by atoms with Gasteiger partial charge >= 0.3 is 0 Å². The van der Waals surface area contributed by atoms with Crippen molar-refractivity contribution < 1.29 is 22.3 Å². The molecule has 5 heteroatoms. The van der Waals surface area contributed by atoms with Crippen molar-refractivity contribution in [1.29, 1.82) is 0 Å². The van der Waals surface area contributed by atoms with Gasteiger partial charge in [0.15, 0.2) is 17.4 Å². The van der Waals surface area contributed by atoms with E-state index in [0.29, 0.717) is 29.4 Å². The summed E-state index contributed by atoms with van der Waals surface area (Å²) in [6, 6.07) is 10.1. The second-order valence-corrected chi connectivity index (χ2v) is 7.68. The zero-order valence-corrected chi connectivity index (χ0v) is 16.5. The number of allylic oxidation sites excluding steroid dienone is 1. The highest BCUT2D eigenvalue weighted by atomic mass is 19.3. The summed E-state index contributed by atoms with van der Waals surface area (Å²) in [6.45, 7) is 2.23. The monoisotopic (exact) mass is 406 g/mol. The average Bonchev–Trinajstić information content (AvgIpc) is 2.71. The van der Waals surface area contributed by atoms with Gasteiger partial charge in [-0.25, -0.2) is 17.6 Å². The molecule has 0 spiro atoms. The molecule has 1 fully saturated rings. The Hall–Kier alpha value is -2.30. The normalized spacial score (nSPS) is 19.8. The van der Waals surface area contributed by atoms with Crippen LogP contribution in [-0.4, -0.2) is 6.43 Å². The Labute approximate surface area is 169 Å². The van der Waals surface area contributed by atoms with E-state index in [0.717, 1.165) is 18.1 Å². The number of hydrogen-bond donors (Lipinski definition) is 0. The standard InChI is InChI=1S/C24H26F4O/c1-2-3-16-4-6-17(7-5-16)18-8-10-19(11-9-18)20-14-21(25)24(22(26)15-20)29-13-12-23(27)28/h8-17,23H,2-7H2,1H3/b13-12+. The molecule has 1 aliphatic rings. The van der Waals surface area contributed by atoms with Crippen molar-refractivity contribution in [2.24, 2.45) is 5.92 Å². The summed E-state index contributed by atoms with van der Waals surface area (Å²) in [6.07, 6.45) is 5.70. The molecular weight excluding hydrogens is 380 g/mol. The Morgan fingerprint density at radius 3 is 2.14 bits per heavy atom. The number of ether oxygens (including phenoxy) is 1. The van der Waals surface area contributed by atoms with Gasteiger partial charge in [0.1, 0.15) is 0 Å². The maximum absolute atomic E-state index is 14.2. The minimum absolute atomic E-state index is 0.378. The summed E-state index contributed by atoms with van der Waals surface area (Å²) < 4.78 is 57.3. The van der Waals surface area contributed by atoms with E-state index in [1.807, 2.05) is 24.3 Å². The fraction of sp³-hybridized carbons (Fsp3) is 0.417. The molecule has 1 saturated carbocycles. The predicted molar refractivity (Wildman–Crippen MR) is 107 cm³/mol. The van der Waals surface area contributed by atoms with Gasteiger partial charge in [0, 0.05) is 6.08 Å². The molecule has 3 rings (SSSR count). The van der Waals surface area contributed by atoms with Crippen LogP contribution in [0.4, 0.5) is 17.6 Å². The van der Waals surface area contributed by atoms with Crippen LogP contribution in [0.1, 0.15) is 56.9 Å². The summed E-state index contributed by atoms with van der Waals surface area (Å²) in [5, 5.41) is 0. The molecule has 0 aliphatic heterocycles. The maximum Gasteiger partial charge on any atom is 0.260 e.